The van der Waals surface area contributed by atoms with Crippen molar-refractivity contribution in [2.45, 2.75) is 45.1 Å². The largest absolute Gasteiger partial charge is 0.381 e. The molecule has 196 valence electrons. The van der Waals surface area contributed by atoms with Gasteiger partial charge >= 0.3 is 0 Å². The van der Waals surface area contributed by atoms with Gasteiger partial charge in [0.25, 0.3) is 0 Å². The molecule has 0 spiro atoms. The molecule has 1 saturated carbocycles. The highest BCUT2D eigenvalue weighted by Gasteiger charge is 2.49. The fourth-order valence-corrected chi connectivity index (χ4v) is 4.36. The molecule has 1 aliphatic rings. The van der Waals surface area contributed by atoms with Crippen molar-refractivity contribution >= 4 is 23.9 Å². The third-order valence-electron chi connectivity index (χ3n) is 6.88. The Balaban J connectivity index is 1.71. The lowest BCUT2D eigenvalue weighted by Gasteiger charge is -2.32. The zero-order chi connectivity index (χ0) is 27.0. The average molecular weight is 530 g/mol. The third kappa shape index (κ3) is 5.51. The lowest BCUT2D eigenvalue weighted by Crippen LogP contribution is -2.35. The van der Waals surface area contributed by atoms with Crippen molar-refractivity contribution in [3.8, 4) is 0 Å². The first-order valence-corrected chi connectivity index (χ1v) is 12.1. The van der Waals surface area contributed by atoms with Gasteiger partial charge in [-0.3, -0.25) is 19.3 Å². The molecular weight excluding hydrogens is 501 g/mol. The van der Waals surface area contributed by atoms with Gasteiger partial charge in [0.05, 0.1) is 35.5 Å². The zero-order valence-corrected chi connectivity index (χ0v) is 21.6. The van der Waals surface area contributed by atoms with Crippen LogP contribution in [0.15, 0.2) is 42.9 Å². The van der Waals surface area contributed by atoms with Crippen LogP contribution in [0.4, 0.5) is 4.39 Å². The molecule has 1 fully saturated rings. The Labute approximate surface area is 219 Å². The van der Waals surface area contributed by atoms with Gasteiger partial charge in [0.15, 0.2) is 6.23 Å². The lowest BCUT2D eigenvalue weighted by molar-refractivity contribution is -0.141. The Morgan fingerprint density at radius 3 is 2.62 bits per heavy atom. The quantitative estimate of drug-likeness (QED) is 0.290. The summed E-state index contributed by atoms with van der Waals surface area (Å²) in [4.78, 5) is 29.7. The number of aryl methyl sites for hydroxylation is 2. The predicted molar refractivity (Wildman–Crippen MR) is 133 cm³/mol. The number of rotatable bonds is 11. The van der Waals surface area contributed by atoms with Crippen molar-refractivity contribution < 1.29 is 23.8 Å². The number of aromatic nitrogens is 3. The van der Waals surface area contributed by atoms with E-state index >= 15 is 4.39 Å². The Bertz CT molecular complexity index is 1280. The van der Waals surface area contributed by atoms with Gasteiger partial charge in [0.2, 0.25) is 12.3 Å². The molecule has 9 nitrogen and oxygen atoms in total. The summed E-state index contributed by atoms with van der Waals surface area (Å²) in [5, 5.41) is 15.7. The molecule has 1 aliphatic carbocycles. The molecule has 1 aromatic carbocycles. The molecule has 2 heterocycles. The average Bonchev–Trinajstić information content (AvgIpc) is 3.52. The van der Waals surface area contributed by atoms with E-state index < -0.39 is 29.0 Å². The van der Waals surface area contributed by atoms with Gasteiger partial charge in [-0.1, -0.05) is 17.7 Å². The molecule has 11 heteroatoms. The van der Waals surface area contributed by atoms with Gasteiger partial charge in [-0.25, -0.2) is 4.39 Å². The predicted octanol–water partition coefficient (Wildman–Crippen LogP) is 3.11. The van der Waals surface area contributed by atoms with Gasteiger partial charge in [-0.05, 0) is 56.0 Å². The van der Waals surface area contributed by atoms with Crippen molar-refractivity contribution in [3.05, 3.63) is 81.6 Å². The Morgan fingerprint density at radius 2 is 2.11 bits per heavy atom. The fraction of sp³-hybridized carbons (Fsp3) is 0.385. The van der Waals surface area contributed by atoms with Gasteiger partial charge in [0, 0.05) is 30.6 Å². The Kier molecular flexibility index (Phi) is 7.36. The Morgan fingerprint density at radius 1 is 1.38 bits per heavy atom. The minimum atomic E-state index is -1.52. The summed E-state index contributed by atoms with van der Waals surface area (Å²) in [7, 11) is 1.72. The maximum Gasteiger partial charge on any atom is 0.225 e. The minimum absolute atomic E-state index is 0.00292. The summed E-state index contributed by atoms with van der Waals surface area (Å²) in [6, 6.07) is 6.15. The van der Waals surface area contributed by atoms with Gasteiger partial charge < -0.3 is 20.5 Å². The number of carbonyl (C=O) groups is 2. The normalized spacial score (nSPS) is 16.6. The molecule has 0 radical (unpaired) electrons. The van der Waals surface area contributed by atoms with E-state index in [1.165, 1.54) is 23.4 Å². The van der Waals surface area contributed by atoms with Crippen LogP contribution in [0.1, 0.15) is 53.9 Å². The lowest BCUT2D eigenvalue weighted by atomic mass is 9.87. The molecule has 3 N–H and O–H groups in total. The number of amides is 2. The third-order valence-corrected chi connectivity index (χ3v) is 7.10. The monoisotopic (exact) mass is 529 g/mol. The van der Waals surface area contributed by atoms with E-state index in [2.05, 4.69) is 10.1 Å². The van der Waals surface area contributed by atoms with E-state index in [1.54, 1.807) is 50.0 Å². The van der Waals surface area contributed by atoms with E-state index in [9.17, 15) is 14.7 Å². The number of pyridine rings is 1. The van der Waals surface area contributed by atoms with Crippen molar-refractivity contribution in [3.63, 3.8) is 0 Å². The molecule has 2 unspecified atom stereocenters. The molecule has 2 amide bonds. The number of carbonyl (C=O) groups excluding carboxylic acids is 2. The van der Waals surface area contributed by atoms with Crippen molar-refractivity contribution in [1.82, 2.24) is 19.7 Å². The van der Waals surface area contributed by atoms with Crippen molar-refractivity contribution in [2.24, 2.45) is 18.2 Å². The first kappa shape index (κ1) is 26.7. The number of aliphatic hydroxyl groups is 1. The van der Waals surface area contributed by atoms with Gasteiger partial charge in [-0.2, -0.15) is 5.10 Å². The number of hydrogen-bond donors (Lipinski definition) is 2. The molecular formula is C26H29ClFN5O4. The van der Waals surface area contributed by atoms with Crippen LogP contribution in [-0.4, -0.2) is 43.7 Å². The number of benzene rings is 1. The number of nitrogens with zero attached hydrogens (tertiary/aromatic N) is 4. The molecule has 4 rings (SSSR count). The molecule has 0 aliphatic heterocycles. The highest BCUT2D eigenvalue weighted by atomic mass is 35.5. The summed E-state index contributed by atoms with van der Waals surface area (Å²) >= 11 is 5.93. The maximum atomic E-state index is 15.8. The van der Waals surface area contributed by atoms with Crippen LogP contribution < -0.4 is 5.73 Å². The zero-order valence-electron chi connectivity index (χ0n) is 20.8. The van der Waals surface area contributed by atoms with Crippen LogP contribution in [-0.2, 0) is 33.5 Å². The second-order valence-electron chi connectivity index (χ2n) is 9.72. The number of halogens is 2. The van der Waals surface area contributed by atoms with E-state index in [1.807, 2.05) is 0 Å². The first-order chi connectivity index (χ1) is 17.5. The van der Waals surface area contributed by atoms with Gasteiger partial charge in [0.1, 0.15) is 11.4 Å². The van der Waals surface area contributed by atoms with E-state index in [0.717, 1.165) is 0 Å². The second-order valence-corrected chi connectivity index (χ2v) is 10.2. The fourth-order valence-electron chi connectivity index (χ4n) is 4.25. The number of hydrogen-bond acceptors (Lipinski definition) is 6. The van der Waals surface area contributed by atoms with Crippen LogP contribution >= 0.6 is 11.6 Å². The highest BCUT2D eigenvalue weighted by Crippen LogP contribution is 2.47. The van der Waals surface area contributed by atoms with E-state index in [0.29, 0.717) is 46.7 Å². The van der Waals surface area contributed by atoms with Crippen LogP contribution in [0, 0.1) is 18.2 Å². The molecule has 37 heavy (non-hydrogen) atoms. The number of ether oxygens (including phenoxy) is 1. The number of nitrogens with two attached hydrogens (primary N) is 1. The summed E-state index contributed by atoms with van der Waals surface area (Å²) in [6.07, 6.45) is 5.10. The van der Waals surface area contributed by atoms with E-state index in [4.69, 9.17) is 22.1 Å². The van der Waals surface area contributed by atoms with Crippen molar-refractivity contribution in [2.75, 3.05) is 6.61 Å². The molecule has 2 aromatic heterocycles. The second kappa shape index (κ2) is 10.2. The summed E-state index contributed by atoms with van der Waals surface area (Å²) in [5.41, 5.74) is 5.07. The summed E-state index contributed by atoms with van der Waals surface area (Å²) in [6.45, 7) is 3.16. The molecule has 0 bridgehead atoms. The van der Waals surface area contributed by atoms with Crippen LogP contribution in [0.3, 0.4) is 0 Å². The van der Waals surface area contributed by atoms with Crippen LogP contribution in [0.5, 0.6) is 0 Å². The molecule has 3 aromatic rings. The minimum Gasteiger partial charge on any atom is -0.381 e. The smallest absolute Gasteiger partial charge is 0.225 e. The molecule has 2 atom stereocenters. The van der Waals surface area contributed by atoms with E-state index in [-0.39, 0.29) is 18.7 Å². The standard InChI is InChI=1S/C26H29ClFN5O4/c1-16-8-17(25(2,36)18-10-31-32(3)12-18)9-21(28)22(16)23(37-14-26(6-7-26)24(29)35)33(15-34)13-20-5-4-19(27)11-30-20/h4-5,8-12,15,23,36H,6-7,13-14H2,1-3H3,(H2,29,35). The number of primary amides is 1. The summed E-state index contributed by atoms with van der Waals surface area (Å²) in [5.74, 6) is -1.17. The summed E-state index contributed by atoms with van der Waals surface area (Å²) < 4.78 is 23.4. The maximum absolute atomic E-state index is 15.8. The first-order valence-electron chi connectivity index (χ1n) is 11.7. The van der Waals surface area contributed by atoms with Crippen molar-refractivity contribution in [1.29, 1.82) is 0 Å². The highest BCUT2D eigenvalue weighted by molar-refractivity contribution is 6.30. The van der Waals surface area contributed by atoms with Crippen LogP contribution in [0.25, 0.3) is 0 Å². The van der Waals surface area contributed by atoms with Crippen LogP contribution in [0.2, 0.25) is 5.02 Å². The Hall–Kier alpha value is -3.34. The molecule has 0 saturated heterocycles. The van der Waals surface area contributed by atoms with Gasteiger partial charge in [-0.15, -0.1) is 0 Å². The SMILES string of the molecule is Cc1cc(C(C)(O)c2cnn(C)c2)cc(F)c1C(OCC1(C(N)=O)CC1)N(C=O)Cc1ccc(Cl)cn1. The topological polar surface area (TPSA) is 124 Å².